The lowest BCUT2D eigenvalue weighted by molar-refractivity contribution is -0.119. The van der Waals surface area contributed by atoms with E-state index in [0.717, 1.165) is 24.1 Å². The number of fused-ring (bicyclic) bond motifs is 1. The molecule has 30 heavy (non-hydrogen) atoms. The maximum atomic E-state index is 13.8. The Bertz CT molecular complexity index is 1050. The number of hydrogen-bond acceptors (Lipinski definition) is 4. The maximum Gasteiger partial charge on any atom is 0.240 e. The number of rotatable bonds is 8. The molecule has 0 unspecified atom stereocenters. The number of carbonyl (C=O) groups is 1. The molecule has 5 nitrogen and oxygen atoms in total. The lowest BCUT2D eigenvalue weighted by Gasteiger charge is -2.17. The number of hydrogen-bond donors (Lipinski definition) is 1. The van der Waals surface area contributed by atoms with Crippen molar-refractivity contribution in [2.45, 2.75) is 29.9 Å². The highest BCUT2D eigenvalue weighted by Crippen LogP contribution is 2.37. The molecule has 0 aromatic heterocycles. The van der Waals surface area contributed by atoms with E-state index >= 15 is 0 Å². The number of benzene rings is 2. The van der Waals surface area contributed by atoms with Crippen LogP contribution in [0.25, 0.3) is 0 Å². The highest BCUT2D eigenvalue weighted by molar-refractivity contribution is 7.98. The van der Waals surface area contributed by atoms with Gasteiger partial charge in [0.05, 0.1) is 4.90 Å². The first kappa shape index (κ1) is 21.6. The van der Waals surface area contributed by atoms with Crippen molar-refractivity contribution in [3.8, 4) is 0 Å². The van der Waals surface area contributed by atoms with Gasteiger partial charge < -0.3 is 4.90 Å². The van der Waals surface area contributed by atoms with Crippen LogP contribution in [0.5, 0.6) is 0 Å². The fourth-order valence-electron chi connectivity index (χ4n) is 3.50. The highest BCUT2D eigenvalue weighted by atomic mass is 35.5. The van der Waals surface area contributed by atoms with Crippen LogP contribution in [0, 0.1) is 11.7 Å². The first-order chi connectivity index (χ1) is 14.4. The highest BCUT2D eigenvalue weighted by Gasteiger charge is 2.36. The molecule has 1 N–H and O–H groups in total. The molecule has 0 radical (unpaired) electrons. The monoisotopic (exact) mass is 468 g/mol. The van der Waals surface area contributed by atoms with E-state index in [0.29, 0.717) is 35.1 Å². The Labute approximate surface area is 185 Å². The number of sulfonamides is 1. The average Bonchev–Trinajstić information content (AvgIpc) is 3.48. The summed E-state index contributed by atoms with van der Waals surface area (Å²) < 4.78 is 41.6. The zero-order valence-corrected chi connectivity index (χ0v) is 18.6. The van der Waals surface area contributed by atoms with E-state index in [1.165, 1.54) is 17.8 Å². The number of carbonyl (C=O) groups excluding carboxylic acids is 1. The molecule has 1 amide bonds. The molecule has 9 heteroatoms. The van der Waals surface area contributed by atoms with Gasteiger partial charge in [0.1, 0.15) is 5.82 Å². The maximum absolute atomic E-state index is 13.8. The second-order valence-corrected chi connectivity index (χ2v) is 10.7. The SMILES string of the molecule is O=C(C1CC1)N1CCc2cc(S(=O)(=O)NCCSCc3c(F)cccc3Cl)ccc21. The minimum absolute atomic E-state index is 0.137. The second kappa shape index (κ2) is 8.86. The van der Waals surface area contributed by atoms with Gasteiger partial charge in [-0.2, -0.15) is 11.8 Å². The standard InChI is InChI=1S/C21H22ClFN2O3S2/c22-18-2-1-3-19(23)17(18)13-29-11-9-24-30(27,28)16-6-7-20-15(12-16)8-10-25(20)21(26)14-4-5-14/h1-3,6-7,12,14,24H,4-5,8-11,13H2. The Kier molecular flexibility index (Phi) is 6.39. The van der Waals surface area contributed by atoms with Gasteiger partial charge in [-0.05, 0) is 55.2 Å². The first-order valence-electron chi connectivity index (χ1n) is 9.81. The Morgan fingerprint density at radius 3 is 2.80 bits per heavy atom. The van der Waals surface area contributed by atoms with Crippen molar-refractivity contribution in [1.29, 1.82) is 0 Å². The predicted molar refractivity (Wildman–Crippen MR) is 118 cm³/mol. The molecule has 1 fully saturated rings. The molecule has 160 valence electrons. The summed E-state index contributed by atoms with van der Waals surface area (Å²) in [4.78, 5) is 14.3. The summed E-state index contributed by atoms with van der Waals surface area (Å²) in [7, 11) is -3.65. The van der Waals surface area contributed by atoms with Crippen molar-refractivity contribution in [3.05, 3.63) is 58.4 Å². The fraction of sp³-hybridized carbons (Fsp3) is 0.381. The van der Waals surface area contributed by atoms with Crippen LogP contribution in [0.1, 0.15) is 24.0 Å². The average molecular weight is 469 g/mol. The molecule has 0 saturated heterocycles. The number of thioether (sulfide) groups is 1. The van der Waals surface area contributed by atoms with Crippen LogP contribution in [0.15, 0.2) is 41.3 Å². The van der Waals surface area contributed by atoms with Gasteiger partial charge in [-0.3, -0.25) is 4.79 Å². The topological polar surface area (TPSA) is 66.5 Å². The van der Waals surface area contributed by atoms with E-state index in [1.54, 1.807) is 35.2 Å². The van der Waals surface area contributed by atoms with Crippen LogP contribution in [0.2, 0.25) is 5.02 Å². The summed E-state index contributed by atoms with van der Waals surface area (Å²) in [6.07, 6.45) is 2.56. The number of nitrogens with zero attached hydrogens (tertiary/aromatic N) is 1. The summed E-state index contributed by atoms with van der Waals surface area (Å²) in [6, 6.07) is 9.48. The molecule has 0 atom stereocenters. The Balaban J connectivity index is 1.32. The fourth-order valence-corrected chi connectivity index (χ4v) is 5.91. The van der Waals surface area contributed by atoms with E-state index in [-0.39, 0.29) is 29.1 Å². The molecule has 4 rings (SSSR count). The summed E-state index contributed by atoms with van der Waals surface area (Å²) in [6.45, 7) is 0.833. The summed E-state index contributed by atoms with van der Waals surface area (Å²) in [5.74, 6) is 0.783. The lowest BCUT2D eigenvalue weighted by atomic mass is 10.2. The van der Waals surface area contributed by atoms with Gasteiger partial charge in [0.25, 0.3) is 0 Å². The number of anilines is 1. The van der Waals surface area contributed by atoms with Crippen molar-refractivity contribution in [1.82, 2.24) is 4.72 Å². The molecule has 0 bridgehead atoms. The van der Waals surface area contributed by atoms with E-state index in [2.05, 4.69) is 4.72 Å². The zero-order chi connectivity index (χ0) is 21.3. The van der Waals surface area contributed by atoms with Gasteiger partial charge in [0.15, 0.2) is 0 Å². The van der Waals surface area contributed by atoms with Crippen molar-refractivity contribution in [2.75, 3.05) is 23.7 Å². The number of amides is 1. The number of nitrogens with one attached hydrogen (secondary N) is 1. The quantitative estimate of drug-likeness (QED) is 0.595. The molecular formula is C21H22ClFN2O3S2. The summed E-state index contributed by atoms with van der Waals surface area (Å²) in [5.41, 5.74) is 2.13. The lowest BCUT2D eigenvalue weighted by Crippen LogP contribution is -2.30. The first-order valence-corrected chi connectivity index (χ1v) is 12.8. The molecule has 2 aliphatic rings. The molecular weight excluding hydrogens is 447 g/mol. The molecule has 1 saturated carbocycles. The second-order valence-electron chi connectivity index (χ2n) is 7.46. The van der Waals surface area contributed by atoms with Gasteiger partial charge in [0.2, 0.25) is 15.9 Å². The molecule has 1 heterocycles. The van der Waals surface area contributed by atoms with Crippen LogP contribution in [0.4, 0.5) is 10.1 Å². The summed E-state index contributed by atoms with van der Waals surface area (Å²) in [5, 5.41) is 0.371. The van der Waals surface area contributed by atoms with Crippen molar-refractivity contribution >= 4 is 45.0 Å². The summed E-state index contributed by atoms with van der Waals surface area (Å²) >= 11 is 7.41. The largest absolute Gasteiger partial charge is 0.312 e. The van der Waals surface area contributed by atoms with Gasteiger partial charge in [-0.15, -0.1) is 0 Å². The predicted octanol–water partition coefficient (Wildman–Crippen LogP) is 3.99. The molecule has 2 aromatic rings. The smallest absolute Gasteiger partial charge is 0.240 e. The van der Waals surface area contributed by atoms with E-state index in [4.69, 9.17) is 11.6 Å². The normalized spacial score (nSPS) is 16.0. The van der Waals surface area contributed by atoms with Crippen molar-refractivity contribution in [2.24, 2.45) is 5.92 Å². The van der Waals surface area contributed by atoms with Crippen LogP contribution in [-0.2, 0) is 27.0 Å². The number of halogens is 2. The third kappa shape index (κ3) is 4.66. The van der Waals surface area contributed by atoms with Crippen molar-refractivity contribution < 1.29 is 17.6 Å². The molecule has 0 spiro atoms. The van der Waals surface area contributed by atoms with Gasteiger partial charge >= 0.3 is 0 Å². The van der Waals surface area contributed by atoms with Crippen LogP contribution >= 0.6 is 23.4 Å². The van der Waals surface area contributed by atoms with E-state index in [9.17, 15) is 17.6 Å². The van der Waals surface area contributed by atoms with Crippen LogP contribution in [-0.4, -0.2) is 33.2 Å². The van der Waals surface area contributed by atoms with Gasteiger partial charge in [-0.25, -0.2) is 17.5 Å². The van der Waals surface area contributed by atoms with E-state index < -0.39 is 10.0 Å². The Hall–Kier alpha value is -1.61. The molecule has 2 aromatic carbocycles. The van der Waals surface area contributed by atoms with Gasteiger partial charge in [0, 0.05) is 46.8 Å². The Morgan fingerprint density at radius 1 is 1.27 bits per heavy atom. The van der Waals surface area contributed by atoms with Crippen LogP contribution < -0.4 is 9.62 Å². The van der Waals surface area contributed by atoms with Crippen LogP contribution in [0.3, 0.4) is 0 Å². The van der Waals surface area contributed by atoms with Crippen molar-refractivity contribution in [3.63, 3.8) is 0 Å². The third-order valence-corrected chi connectivity index (χ3v) is 8.09. The minimum Gasteiger partial charge on any atom is -0.312 e. The van der Waals surface area contributed by atoms with Gasteiger partial charge in [-0.1, -0.05) is 17.7 Å². The Morgan fingerprint density at radius 2 is 2.07 bits per heavy atom. The zero-order valence-electron chi connectivity index (χ0n) is 16.2. The third-order valence-electron chi connectivity index (χ3n) is 5.30. The molecule has 1 aliphatic carbocycles. The molecule has 1 aliphatic heterocycles. The minimum atomic E-state index is -3.65. The van der Waals surface area contributed by atoms with E-state index in [1.807, 2.05) is 0 Å².